The van der Waals surface area contributed by atoms with Crippen LogP contribution >= 0.6 is 11.5 Å². The van der Waals surface area contributed by atoms with Crippen LogP contribution in [-0.2, 0) is 12.4 Å². The standard InChI is InChI=1S/C14H11F6N5O2S/c15-13(16,17)6-5-7(14(18,19)20)22-12(21-6)23-10-8(9(26)24-28-10)11(27)25-3-1-2-4-25/h5H,1-4H2,(H,24,26)(H,21,22,23). The first-order valence-electron chi connectivity index (χ1n) is 7.78. The van der Waals surface area contributed by atoms with E-state index in [1.54, 1.807) is 0 Å². The Labute approximate surface area is 156 Å². The van der Waals surface area contributed by atoms with E-state index < -0.39 is 46.7 Å². The Morgan fingerprint density at radius 2 is 1.61 bits per heavy atom. The van der Waals surface area contributed by atoms with Crippen molar-refractivity contribution in [1.29, 1.82) is 0 Å². The van der Waals surface area contributed by atoms with Gasteiger partial charge < -0.3 is 10.2 Å². The van der Waals surface area contributed by atoms with Crippen LogP contribution in [0.3, 0.4) is 0 Å². The van der Waals surface area contributed by atoms with Crippen molar-refractivity contribution in [1.82, 2.24) is 19.2 Å². The van der Waals surface area contributed by atoms with Gasteiger partial charge >= 0.3 is 12.4 Å². The zero-order chi connectivity index (χ0) is 20.7. The Kier molecular flexibility index (Phi) is 5.08. The Morgan fingerprint density at radius 1 is 1.07 bits per heavy atom. The van der Waals surface area contributed by atoms with E-state index in [9.17, 15) is 35.9 Å². The van der Waals surface area contributed by atoms with E-state index >= 15 is 0 Å². The van der Waals surface area contributed by atoms with E-state index in [4.69, 9.17) is 0 Å². The van der Waals surface area contributed by atoms with Crippen molar-refractivity contribution in [3.05, 3.63) is 33.4 Å². The summed E-state index contributed by atoms with van der Waals surface area (Å²) in [6, 6.07) is -0.221. The quantitative estimate of drug-likeness (QED) is 0.734. The van der Waals surface area contributed by atoms with Crippen molar-refractivity contribution >= 4 is 28.4 Å². The van der Waals surface area contributed by atoms with Gasteiger partial charge in [-0.1, -0.05) is 0 Å². The van der Waals surface area contributed by atoms with Crippen LogP contribution in [0.4, 0.5) is 37.3 Å². The molecule has 1 fully saturated rings. The molecule has 14 heteroatoms. The molecule has 0 saturated carbocycles. The van der Waals surface area contributed by atoms with Gasteiger partial charge in [-0.3, -0.25) is 14.0 Å². The summed E-state index contributed by atoms with van der Waals surface area (Å²) in [5.41, 5.74) is -4.85. The second-order valence-corrected chi connectivity index (χ2v) is 6.64. The molecule has 2 aromatic rings. The molecule has 1 amide bonds. The molecule has 28 heavy (non-hydrogen) atoms. The minimum absolute atomic E-state index is 0.221. The van der Waals surface area contributed by atoms with E-state index in [0.717, 1.165) is 12.8 Å². The van der Waals surface area contributed by atoms with Gasteiger partial charge in [-0.2, -0.15) is 26.3 Å². The monoisotopic (exact) mass is 427 g/mol. The summed E-state index contributed by atoms with van der Waals surface area (Å²) in [4.78, 5) is 31.9. The third-order valence-electron chi connectivity index (χ3n) is 3.84. The fourth-order valence-corrected chi connectivity index (χ4v) is 3.28. The second-order valence-electron chi connectivity index (χ2n) is 5.82. The lowest BCUT2D eigenvalue weighted by Crippen LogP contribution is -2.31. The molecular formula is C14H11F6N5O2S. The minimum Gasteiger partial charge on any atom is -0.338 e. The molecule has 1 saturated heterocycles. The normalized spacial score (nSPS) is 15.1. The second kappa shape index (κ2) is 7.07. The number of anilines is 2. The molecule has 0 aromatic carbocycles. The zero-order valence-corrected chi connectivity index (χ0v) is 14.6. The number of carbonyl (C=O) groups excluding carboxylic acids is 1. The molecule has 3 rings (SSSR count). The van der Waals surface area contributed by atoms with Gasteiger partial charge in [-0.05, 0) is 30.4 Å². The summed E-state index contributed by atoms with van der Waals surface area (Å²) < 4.78 is 79.6. The Morgan fingerprint density at radius 3 is 2.11 bits per heavy atom. The first-order chi connectivity index (χ1) is 13.0. The van der Waals surface area contributed by atoms with Crippen molar-refractivity contribution in [2.75, 3.05) is 18.4 Å². The van der Waals surface area contributed by atoms with Gasteiger partial charge in [0.2, 0.25) is 5.95 Å². The molecule has 0 radical (unpaired) electrons. The third-order valence-corrected chi connectivity index (χ3v) is 4.64. The van der Waals surface area contributed by atoms with Gasteiger partial charge in [-0.25, -0.2) is 9.97 Å². The predicted molar refractivity (Wildman–Crippen MR) is 85.4 cm³/mol. The maximum absolute atomic E-state index is 12.9. The number of likely N-dealkylation sites (tertiary alicyclic amines) is 1. The molecule has 1 aliphatic rings. The van der Waals surface area contributed by atoms with Crippen molar-refractivity contribution in [2.45, 2.75) is 25.2 Å². The Bertz CT molecular complexity index is 913. The number of rotatable bonds is 3. The number of aromatic nitrogens is 3. The fraction of sp³-hybridized carbons (Fsp3) is 0.429. The van der Waals surface area contributed by atoms with Gasteiger partial charge in [0.25, 0.3) is 11.5 Å². The number of nitrogens with one attached hydrogen (secondary N) is 2. The summed E-state index contributed by atoms with van der Waals surface area (Å²) in [6.45, 7) is 0.789. The lowest BCUT2D eigenvalue weighted by atomic mass is 10.3. The molecule has 3 heterocycles. The van der Waals surface area contributed by atoms with Crippen molar-refractivity contribution < 1.29 is 31.1 Å². The SMILES string of the molecule is O=C(c1c(Nc2nc(C(F)(F)F)cc(C(F)(F)F)n2)s[nH]c1=O)N1CCCC1. The van der Waals surface area contributed by atoms with Crippen LogP contribution in [0.15, 0.2) is 10.9 Å². The maximum atomic E-state index is 12.9. The zero-order valence-electron chi connectivity index (χ0n) is 13.7. The van der Waals surface area contributed by atoms with Crippen LogP contribution < -0.4 is 10.9 Å². The summed E-state index contributed by atoms with van der Waals surface area (Å²) in [5.74, 6) is -1.71. The number of hydrogen-bond donors (Lipinski definition) is 2. The molecular weight excluding hydrogens is 416 g/mol. The van der Waals surface area contributed by atoms with Gasteiger partial charge in [0.1, 0.15) is 10.6 Å². The van der Waals surface area contributed by atoms with Crippen LogP contribution in [0.5, 0.6) is 0 Å². The average Bonchev–Trinajstić information content (AvgIpc) is 3.23. The van der Waals surface area contributed by atoms with Crippen LogP contribution in [0.25, 0.3) is 0 Å². The first kappa shape index (κ1) is 20.1. The summed E-state index contributed by atoms with van der Waals surface area (Å²) >= 11 is 0.546. The maximum Gasteiger partial charge on any atom is 0.433 e. The Balaban J connectivity index is 2.00. The summed E-state index contributed by atoms with van der Waals surface area (Å²) in [5, 5.41) is 1.87. The number of halogens is 6. The highest BCUT2D eigenvalue weighted by molar-refractivity contribution is 7.10. The molecule has 0 atom stereocenters. The summed E-state index contributed by atoms with van der Waals surface area (Å²) in [6.07, 6.45) is -8.86. The van der Waals surface area contributed by atoms with Crippen LogP contribution in [0.2, 0.25) is 0 Å². The lowest BCUT2D eigenvalue weighted by molar-refractivity contribution is -0.147. The third kappa shape index (κ3) is 4.10. The number of aromatic amines is 1. The number of amides is 1. The Hall–Kier alpha value is -2.64. The molecule has 0 bridgehead atoms. The molecule has 0 aliphatic carbocycles. The van der Waals surface area contributed by atoms with Gasteiger partial charge in [0.05, 0.1) is 0 Å². The largest absolute Gasteiger partial charge is 0.433 e. The highest BCUT2D eigenvalue weighted by atomic mass is 32.1. The average molecular weight is 427 g/mol. The molecule has 0 unspecified atom stereocenters. The first-order valence-corrected chi connectivity index (χ1v) is 8.59. The fourth-order valence-electron chi connectivity index (χ4n) is 2.56. The highest BCUT2D eigenvalue weighted by Gasteiger charge is 2.39. The highest BCUT2D eigenvalue weighted by Crippen LogP contribution is 2.35. The smallest absolute Gasteiger partial charge is 0.338 e. The predicted octanol–water partition coefficient (Wildman–Crippen LogP) is 3.24. The molecule has 2 N–H and O–H groups in total. The van der Waals surface area contributed by atoms with Crippen LogP contribution in [0, 0.1) is 0 Å². The molecule has 7 nitrogen and oxygen atoms in total. The minimum atomic E-state index is -5.15. The van der Waals surface area contributed by atoms with E-state index in [0.29, 0.717) is 24.6 Å². The van der Waals surface area contributed by atoms with E-state index in [2.05, 4.69) is 19.7 Å². The summed E-state index contributed by atoms with van der Waals surface area (Å²) in [7, 11) is 0. The topological polar surface area (TPSA) is 91.0 Å². The lowest BCUT2D eigenvalue weighted by Gasteiger charge is -2.15. The van der Waals surface area contributed by atoms with Crippen molar-refractivity contribution in [2.24, 2.45) is 0 Å². The number of nitrogens with zero attached hydrogens (tertiary/aromatic N) is 3. The number of hydrogen-bond acceptors (Lipinski definition) is 6. The van der Waals surface area contributed by atoms with E-state index in [-0.39, 0.29) is 11.1 Å². The molecule has 152 valence electrons. The number of H-pyrrole nitrogens is 1. The molecule has 2 aromatic heterocycles. The van der Waals surface area contributed by atoms with E-state index in [1.165, 1.54) is 4.90 Å². The van der Waals surface area contributed by atoms with Gasteiger partial charge in [0, 0.05) is 13.1 Å². The van der Waals surface area contributed by atoms with E-state index in [1.807, 2.05) is 0 Å². The number of carbonyl (C=O) groups is 1. The molecule has 0 spiro atoms. The van der Waals surface area contributed by atoms with Gasteiger partial charge in [-0.15, -0.1) is 0 Å². The van der Waals surface area contributed by atoms with Gasteiger partial charge in [0.15, 0.2) is 11.4 Å². The van der Waals surface area contributed by atoms with Crippen LogP contribution in [-0.4, -0.2) is 38.2 Å². The number of alkyl halides is 6. The van der Waals surface area contributed by atoms with Crippen molar-refractivity contribution in [3.63, 3.8) is 0 Å². The van der Waals surface area contributed by atoms with Crippen molar-refractivity contribution in [3.8, 4) is 0 Å². The van der Waals surface area contributed by atoms with Crippen LogP contribution in [0.1, 0.15) is 34.6 Å². The molecule has 1 aliphatic heterocycles.